The SMILES string of the molecule is Cc1nccnc1-c1ccnn1C(=O)c1c(C)noc1C. The first-order valence-electron chi connectivity index (χ1n) is 6.39. The molecule has 3 rings (SSSR count). The van der Waals surface area contributed by atoms with Crippen LogP contribution in [0.4, 0.5) is 0 Å². The van der Waals surface area contributed by atoms with Gasteiger partial charge in [0.2, 0.25) is 0 Å². The molecule has 0 aliphatic carbocycles. The number of carbonyl (C=O) groups is 1. The molecule has 7 nitrogen and oxygen atoms in total. The van der Waals surface area contributed by atoms with Crippen molar-refractivity contribution in [1.29, 1.82) is 0 Å². The van der Waals surface area contributed by atoms with E-state index in [-0.39, 0.29) is 5.91 Å². The van der Waals surface area contributed by atoms with Gasteiger partial charge in [-0.2, -0.15) is 9.78 Å². The number of hydrogen-bond acceptors (Lipinski definition) is 6. The molecule has 0 amide bonds. The lowest BCUT2D eigenvalue weighted by Crippen LogP contribution is -2.17. The number of aryl methyl sites for hydroxylation is 3. The summed E-state index contributed by atoms with van der Waals surface area (Å²) in [6.45, 7) is 5.25. The van der Waals surface area contributed by atoms with E-state index in [0.29, 0.717) is 28.4 Å². The minimum atomic E-state index is -0.295. The maximum atomic E-state index is 12.7. The second-order valence-corrected chi connectivity index (χ2v) is 4.62. The third-order valence-corrected chi connectivity index (χ3v) is 3.21. The standard InChI is InChI=1S/C14H13N5O2/c1-8-12(10(3)21-18-8)14(20)19-11(4-5-17-19)13-9(2)15-6-7-16-13/h4-7H,1-3H3. The van der Waals surface area contributed by atoms with Gasteiger partial charge in [0, 0.05) is 12.4 Å². The zero-order valence-electron chi connectivity index (χ0n) is 11.9. The van der Waals surface area contributed by atoms with E-state index in [1.807, 2.05) is 6.92 Å². The predicted octanol–water partition coefficient (Wildman–Crippen LogP) is 1.94. The summed E-state index contributed by atoms with van der Waals surface area (Å²) in [5.41, 5.74) is 2.89. The van der Waals surface area contributed by atoms with Crippen molar-refractivity contribution in [3.05, 3.63) is 47.4 Å². The Hall–Kier alpha value is -2.83. The highest BCUT2D eigenvalue weighted by Gasteiger charge is 2.23. The lowest BCUT2D eigenvalue weighted by molar-refractivity contribution is 0.0945. The first-order valence-corrected chi connectivity index (χ1v) is 6.39. The Morgan fingerprint density at radius 1 is 1.10 bits per heavy atom. The minimum absolute atomic E-state index is 0.295. The van der Waals surface area contributed by atoms with Gasteiger partial charge in [0.15, 0.2) is 0 Å². The van der Waals surface area contributed by atoms with Crippen LogP contribution < -0.4 is 0 Å². The van der Waals surface area contributed by atoms with Gasteiger partial charge in [-0.25, -0.2) is 0 Å². The summed E-state index contributed by atoms with van der Waals surface area (Å²) in [6.07, 6.45) is 4.75. The predicted molar refractivity (Wildman–Crippen MR) is 73.7 cm³/mol. The van der Waals surface area contributed by atoms with Gasteiger partial charge in [-0.05, 0) is 26.8 Å². The van der Waals surface area contributed by atoms with Crippen LogP contribution in [-0.2, 0) is 0 Å². The summed E-state index contributed by atoms with van der Waals surface area (Å²) < 4.78 is 6.34. The van der Waals surface area contributed by atoms with Gasteiger partial charge < -0.3 is 4.52 Å². The molecule has 21 heavy (non-hydrogen) atoms. The highest BCUT2D eigenvalue weighted by molar-refractivity contribution is 5.99. The Bertz CT molecular complexity index is 799. The highest BCUT2D eigenvalue weighted by Crippen LogP contribution is 2.21. The van der Waals surface area contributed by atoms with Crippen molar-refractivity contribution in [3.63, 3.8) is 0 Å². The molecule has 0 spiro atoms. The van der Waals surface area contributed by atoms with Crippen LogP contribution in [0.25, 0.3) is 11.4 Å². The van der Waals surface area contributed by atoms with Crippen LogP contribution in [0.5, 0.6) is 0 Å². The van der Waals surface area contributed by atoms with Gasteiger partial charge in [-0.1, -0.05) is 5.16 Å². The molecule has 3 heterocycles. The Morgan fingerprint density at radius 3 is 2.52 bits per heavy atom. The quantitative estimate of drug-likeness (QED) is 0.714. The normalized spacial score (nSPS) is 10.8. The van der Waals surface area contributed by atoms with Crippen LogP contribution >= 0.6 is 0 Å². The molecule has 3 aromatic heterocycles. The molecule has 0 aliphatic rings. The number of rotatable bonds is 2. The molecule has 3 aromatic rings. The first kappa shape index (κ1) is 13.2. The monoisotopic (exact) mass is 283 g/mol. The molecule has 0 fully saturated rings. The summed E-state index contributed by atoms with van der Waals surface area (Å²) in [5, 5.41) is 7.90. The Morgan fingerprint density at radius 2 is 1.86 bits per heavy atom. The van der Waals surface area contributed by atoms with E-state index < -0.39 is 0 Å². The zero-order chi connectivity index (χ0) is 15.0. The van der Waals surface area contributed by atoms with Crippen molar-refractivity contribution in [2.24, 2.45) is 0 Å². The van der Waals surface area contributed by atoms with Crippen molar-refractivity contribution >= 4 is 5.91 Å². The second kappa shape index (κ2) is 4.93. The fraction of sp³-hybridized carbons (Fsp3) is 0.214. The number of hydrogen-bond donors (Lipinski definition) is 0. The van der Waals surface area contributed by atoms with E-state index in [2.05, 4.69) is 20.2 Å². The molecule has 0 saturated carbocycles. The van der Waals surface area contributed by atoms with E-state index >= 15 is 0 Å². The summed E-state index contributed by atoms with van der Waals surface area (Å²) in [7, 11) is 0. The number of aromatic nitrogens is 5. The Kier molecular flexibility index (Phi) is 3.09. The van der Waals surface area contributed by atoms with Gasteiger partial charge in [0.1, 0.15) is 17.0 Å². The molecule has 0 radical (unpaired) electrons. The number of nitrogens with zero attached hydrogens (tertiary/aromatic N) is 5. The average Bonchev–Trinajstić information content (AvgIpc) is 3.06. The highest BCUT2D eigenvalue weighted by atomic mass is 16.5. The molecule has 0 saturated heterocycles. The molecule has 106 valence electrons. The van der Waals surface area contributed by atoms with Crippen LogP contribution in [-0.4, -0.2) is 30.8 Å². The zero-order valence-corrected chi connectivity index (χ0v) is 11.9. The smallest absolute Gasteiger partial charge is 0.284 e. The van der Waals surface area contributed by atoms with Crippen molar-refractivity contribution in [2.45, 2.75) is 20.8 Å². The molecule has 0 N–H and O–H groups in total. The summed E-state index contributed by atoms with van der Waals surface area (Å²) >= 11 is 0. The third-order valence-electron chi connectivity index (χ3n) is 3.21. The summed E-state index contributed by atoms with van der Waals surface area (Å²) in [5.74, 6) is 0.172. The summed E-state index contributed by atoms with van der Waals surface area (Å²) in [4.78, 5) is 21.1. The van der Waals surface area contributed by atoms with Gasteiger partial charge in [0.05, 0.1) is 23.3 Å². The van der Waals surface area contributed by atoms with Crippen LogP contribution in [0.3, 0.4) is 0 Å². The van der Waals surface area contributed by atoms with E-state index in [9.17, 15) is 4.79 Å². The van der Waals surface area contributed by atoms with Gasteiger partial charge in [0.25, 0.3) is 5.91 Å². The largest absolute Gasteiger partial charge is 0.361 e. The number of carbonyl (C=O) groups excluding carboxylic acids is 1. The Balaban J connectivity index is 2.12. The summed E-state index contributed by atoms with van der Waals surface area (Å²) in [6, 6.07) is 1.73. The van der Waals surface area contributed by atoms with Crippen molar-refractivity contribution < 1.29 is 9.32 Å². The van der Waals surface area contributed by atoms with Crippen LogP contribution in [0, 0.1) is 20.8 Å². The molecule has 0 aliphatic heterocycles. The average molecular weight is 283 g/mol. The third kappa shape index (κ3) is 2.12. The van der Waals surface area contributed by atoms with E-state index in [0.717, 1.165) is 5.69 Å². The van der Waals surface area contributed by atoms with Crippen molar-refractivity contribution in [1.82, 2.24) is 24.9 Å². The maximum absolute atomic E-state index is 12.7. The van der Waals surface area contributed by atoms with E-state index in [1.54, 1.807) is 38.5 Å². The Labute approximate surface area is 120 Å². The van der Waals surface area contributed by atoms with Crippen molar-refractivity contribution in [3.8, 4) is 11.4 Å². The molecular weight excluding hydrogens is 270 g/mol. The van der Waals surface area contributed by atoms with Crippen LogP contribution in [0.15, 0.2) is 29.2 Å². The maximum Gasteiger partial charge on any atom is 0.284 e. The fourth-order valence-electron chi connectivity index (χ4n) is 2.20. The molecule has 0 aromatic carbocycles. The molecular formula is C14H13N5O2. The van der Waals surface area contributed by atoms with E-state index in [4.69, 9.17) is 4.52 Å². The molecule has 0 unspecified atom stereocenters. The molecule has 7 heteroatoms. The van der Waals surface area contributed by atoms with Gasteiger partial charge in [-0.15, -0.1) is 0 Å². The van der Waals surface area contributed by atoms with Crippen LogP contribution in [0.1, 0.15) is 27.5 Å². The minimum Gasteiger partial charge on any atom is -0.361 e. The van der Waals surface area contributed by atoms with Gasteiger partial charge in [-0.3, -0.25) is 14.8 Å². The van der Waals surface area contributed by atoms with Crippen LogP contribution in [0.2, 0.25) is 0 Å². The second-order valence-electron chi connectivity index (χ2n) is 4.62. The fourth-order valence-corrected chi connectivity index (χ4v) is 2.20. The molecule has 0 atom stereocenters. The first-order chi connectivity index (χ1) is 10.1. The lowest BCUT2D eigenvalue weighted by atomic mass is 10.2. The lowest BCUT2D eigenvalue weighted by Gasteiger charge is -2.07. The van der Waals surface area contributed by atoms with Crippen molar-refractivity contribution in [2.75, 3.05) is 0 Å². The molecule has 0 bridgehead atoms. The topological polar surface area (TPSA) is 86.7 Å². The van der Waals surface area contributed by atoms with Gasteiger partial charge >= 0.3 is 0 Å². The van der Waals surface area contributed by atoms with E-state index in [1.165, 1.54) is 4.68 Å².